The molecule has 9 nitrogen and oxygen atoms in total. The highest BCUT2D eigenvalue weighted by Gasteiger charge is 2.31. The van der Waals surface area contributed by atoms with Gasteiger partial charge in [0.2, 0.25) is 0 Å². The summed E-state index contributed by atoms with van der Waals surface area (Å²) >= 11 is 12.2. The van der Waals surface area contributed by atoms with Gasteiger partial charge in [-0.15, -0.1) is 13.2 Å². The zero-order valence-corrected chi connectivity index (χ0v) is 26.3. The van der Waals surface area contributed by atoms with Crippen LogP contribution >= 0.6 is 23.2 Å². The van der Waals surface area contributed by atoms with Crippen LogP contribution in [0.25, 0.3) is 11.3 Å². The van der Waals surface area contributed by atoms with E-state index < -0.39 is 6.36 Å². The number of carbonyl (C=O) groups is 2. The van der Waals surface area contributed by atoms with Crippen LogP contribution in [0.3, 0.4) is 0 Å². The number of amides is 2. The third kappa shape index (κ3) is 6.56. The molecule has 1 aliphatic rings. The fourth-order valence-electron chi connectivity index (χ4n) is 5.66. The Bertz CT molecular complexity index is 2060. The summed E-state index contributed by atoms with van der Waals surface area (Å²) in [5.41, 5.74) is 3.99. The van der Waals surface area contributed by atoms with E-state index in [0.29, 0.717) is 57.1 Å². The molecule has 3 aromatic carbocycles. The van der Waals surface area contributed by atoms with E-state index in [-0.39, 0.29) is 47.7 Å². The quantitative estimate of drug-likeness (QED) is 0.226. The van der Waals surface area contributed by atoms with E-state index in [1.165, 1.54) is 25.2 Å². The molecule has 0 unspecified atom stereocenters. The van der Waals surface area contributed by atoms with E-state index in [1.807, 2.05) is 0 Å². The molecule has 242 valence electrons. The van der Waals surface area contributed by atoms with Crippen molar-refractivity contribution in [3.63, 3.8) is 0 Å². The van der Waals surface area contributed by atoms with Gasteiger partial charge in [-0.05, 0) is 79.4 Å². The smallest absolute Gasteiger partial charge is 0.406 e. The lowest BCUT2D eigenvalue weighted by Crippen LogP contribution is -2.41. The minimum Gasteiger partial charge on any atom is -0.406 e. The van der Waals surface area contributed by atoms with Gasteiger partial charge in [-0.2, -0.15) is 5.10 Å². The number of hydrogen-bond acceptors (Lipinski definition) is 5. The molecule has 5 aromatic rings. The first-order valence-electron chi connectivity index (χ1n) is 14.5. The maximum Gasteiger partial charge on any atom is 0.573 e. The van der Waals surface area contributed by atoms with Gasteiger partial charge in [-0.25, -0.2) is 4.52 Å². The molecule has 0 radical (unpaired) electrons. The fourth-order valence-corrected chi connectivity index (χ4v) is 5.96. The number of nitrogens with zero attached hydrogens (tertiary/aromatic N) is 4. The van der Waals surface area contributed by atoms with Crippen LogP contribution in [0.2, 0.25) is 10.0 Å². The molecule has 1 aliphatic heterocycles. The molecule has 0 saturated heterocycles. The number of nitrogens with one attached hydrogen (secondary N) is 1. The maximum absolute atomic E-state index is 14.2. The van der Waals surface area contributed by atoms with E-state index in [9.17, 15) is 27.6 Å². The molecule has 2 amide bonds. The number of ether oxygens (including phenoxy) is 1. The Balaban J connectivity index is 1.39. The van der Waals surface area contributed by atoms with Crippen molar-refractivity contribution in [2.75, 3.05) is 13.6 Å². The van der Waals surface area contributed by atoms with Gasteiger partial charge in [0, 0.05) is 35.8 Å². The van der Waals surface area contributed by atoms with Gasteiger partial charge in [-0.3, -0.25) is 19.0 Å². The topological polar surface area (TPSA) is 97.9 Å². The molecule has 0 aliphatic carbocycles. The Labute approximate surface area is 276 Å². The molecule has 47 heavy (non-hydrogen) atoms. The van der Waals surface area contributed by atoms with Crippen LogP contribution in [-0.4, -0.2) is 50.9 Å². The van der Waals surface area contributed by atoms with E-state index >= 15 is 0 Å². The first-order chi connectivity index (χ1) is 22.4. The van der Waals surface area contributed by atoms with Crippen molar-refractivity contribution >= 4 is 40.7 Å². The highest BCUT2D eigenvalue weighted by molar-refractivity contribution is 6.42. The molecule has 2 aromatic heterocycles. The molecule has 0 spiro atoms. The molecule has 0 fully saturated rings. The summed E-state index contributed by atoms with van der Waals surface area (Å²) in [5, 5.41) is 7.80. The second kappa shape index (κ2) is 12.8. The number of hydrogen-bond donors (Lipinski definition) is 1. The highest BCUT2D eigenvalue weighted by Crippen LogP contribution is 2.28. The zero-order chi connectivity index (χ0) is 33.5. The maximum atomic E-state index is 14.2. The van der Waals surface area contributed by atoms with Gasteiger partial charge in [0.1, 0.15) is 11.4 Å². The van der Waals surface area contributed by atoms with E-state index in [2.05, 4.69) is 15.2 Å². The third-order valence-electron chi connectivity index (χ3n) is 7.97. The Morgan fingerprint density at radius 1 is 0.957 bits per heavy atom. The van der Waals surface area contributed by atoms with Crippen molar-refractivity contribution in [3.8, 4) is 11.4 Å². The van der Waals surface area contributed by atoms with Gasteiger partial charge in [0.15, 0.2) is 0 Å². The van der Waals surface area contributed by atoms with Crippen molar-refractivity contribution in [1.29, 1.82) is 0 Å². The summed E-state index contributed by atoms with van der Waals surface area (Å²) in [6.07, 6.45) is -2.05. The summed E-state index contributed by atoms with van der Waals surface area (Å²) in [5.74, 6) is -0.873. The highest BCUT2D eigenvalue weighted by atomic mass is 35.5. The summed E-state index contributed by atoms with van der Waals surface area (Å²) in [6, 6.07) is 16.8. The lowest BCUT2D eigenvalue weighted by atomic mass is 10.0. The number of aromatic nitrogens is 3. The van der Waals surface area contributed by atoms with Gasteiger partial charge in [0.05, 0.1) is 34.2 Å². The zero-order valence-electron chi connectivity index (χ0n) is 24.8. The Hall–Kier alpha value is -4.81. The van der Waals surface area contributed by atoms with E-state index in [4.69, 9.17) is 23.2 Å². The second-order valence-corrected chi connectivity index (χ2v) is 11.7. The number of fused-ring (bicyclic) bond motifs is 3. The number of aryl methyl sites for hydroxylation is 2. The lowest BCUT2D eigenvalue weighted by molar-refractivity contribution is -0.274. The van der Waals surface area contributed by atoms with Crippen molar-refractivity contribution in [1.82, 2.24) is 24.4 Å². The number of alkyl halides is 3. The van der Waals surface area contributed by atoms with E-state index in [0.717, 1.165) is 5.56 Å². The molecular weight excluding hydrogens is 658 g/mol. The summed E-state index contributed by atoms with van der Waals surface area (Å²) < 4.78 is 45.0. The molecule has 0 saturated carbocycles. The fraction of sp³-hybridized carbons (Fsp3) is 0.212. The third-order valence-corrected chi connectivity index (χ3v) is 8.71. The molecule has 0 bridgehead atoms. The molecule has 3 heterocycles. The monoisotopic (exact) mass is 683 g/mol. The summed E-state index contributed by atoms with van der Waals surface area (Å²) in [4.78, 5) is 41.5. The average Bonchev–Trinajstić information content (AvgIpc) is 3.48. The summed E-state index contributed by atoms with van der Waals surface area (Å²) in [7, 11) is 1.53. The second-order valence-electron chi connectivity index (χ2n) is 10.9. The molecule has 0 atom stereocenters. The van der Waals surface area contributed by atoms with Crippen molar-refractivity contribution in [2.24, 2.45) is 0 Å². The number of benzene rings is 3. The molecular formula is C33H26Cl2F3N5O4. The normalized spacial score (nSPS) is 13.0. The minimum atomic E-state index is -4.79. The van der Waals surface area contributed by atoms with Crippen LogP contribution in [-0.2, 0) is 25.8 Å². The number of carbonyl (C=O) groups excluding carboxylic acids is 2. The predicted octanol–water partition coefficient (Wildman–Crippen LogP) is 6.03. The SMILES string of the molecule is CNC(=O)c1ccc(-n2c(=O)c3c(n4ncc(CCc5ccc(OC(F)(F)F)cc5)c24)CN(C(=O)c2ccc(Cl)c(Cl)c2)CC3)cc1. The minimum absolute atomic E-state index is 0.110. The van der Waals surface area contributed by atoms with Crippen LogP contribution in [0.4, 0.5) is 13.2 Å². The van der Waals surface area contributed by atoms with Crippen molar-refractivity contribution < 1.29 is 27.5 Å². The van der Waals surface area contributed by atoms with Gasteiger partial charge in [0.25, 0.3) is 17.4 Å². The van der Waals surface area contributed by atoms with Crippen LogP contribution in [0.5, 0.6) is 5.75 Å². The van der Waals surface area contributed by atoms with Gasteiger partial charge in [-0.1, -0.05) is 35.3 Å². The molecule has 1 N–H and O–H groups in total. The number of rotatable bonds is 7. The van der Waals surface area contributed by atoms with Gasteiger partial charge >= 0.3 is 6.36 Å². The van der Waals surface area contributed by atoms with Crippen LogP contribution in [0.15, 0.2) is 77.7 Å². The largest absolute Gasteiger partial charge is 0.573 e. The van der Waals surface area contributed by atoms with Gasteiger partial charge < -0.3 is 15.0 Å². The molecule has 6 rings (SSSR count). The first-order valence-corrected chi connectivity index (χ1v) is 15.2. The number of halogens is 5. The van der Waals surface area contributed by atoms with Crippen LogP contribution < -0.4 is 15.6 Å². The van der Waals surface area contributed by atoms with Crippen LogP contribution in [0, 0.1) is 0 Å². The van der Waals surface area contributed by atoms with E-state index in [1.54, 1.807) is 68.7 Å². The Kier molecular flexibility index (Phi) is 8.73. The Morgan fingerprint density at radius 2 is 1.66 bits per heavy atom. The predicted molar refractivity (Wildman–Crippen MR) is 170 cm³/mol. The first kappa shape index (κ1) is 32.1. The average molecular weight is 685 g/mol. The van der Waals surface area contributed by atoms with Crippen molar-refractivity contribution in [2.45, 2.75) is 32.2 Å². The summed E-state index contributed by atoms with van der Waals surface area (Å²) in [6.45, 7) is 0.392. The standard InChI is InChI=1S/C33H26Cl2F3N5O4/c1-39-29(44)20-6-9-23(10-7-20)42-30-22(5-2-19-3-11-24(12-4-19)47-33(36,37)38)17-40-43(30)28-18-41(15-14-25(28)32(42)46)31(45)21-8-13-26(34)27(35)16-21/h3-4,6-13,16-17H,2,5,14-15,18H2,1H3,(H,39,44). The molecule has 14 heteroatoms. The van der Waals surface area contributed by atoms with Crippen molar-refractivity contribution in [3.05, 3.63) is 127 Å². The lowest BCUT2D eigenvalue weighted by Gasteiger charge is -2.30. The Morgan fingerprint density at radius 3 is 2.32 bits per heavy atom. The van der Waals surface area contributed by atoms with Crippen LogP contribution in [0.1, 0.15) is 43.1 Å².